The van der Waals surface area contributed by atoms with Crippen LogP contribution in [0, 0.1) is 11.6 Å². The minimum Gasteiger partial charge on any atom is -0.310 e. The molecule has 0 bridgehead atoms. The van der Waals surface area contributed by atoms with Gasteiger partial charge in [-0.05, 0) is 48.0 Å². The second-order valence-corrected chi connectivity index (χ2v) is 6.72. The molecule has 1 atom stereocenters. The van der Waals surface area contributed by atoms with Crippen LogP contribution in [0.1, 0.15) is 23.5 Å². The van der Waals surface area contributed by atoms with Crippen LogP contribution in [0.15, 0.2) is 53.1 Å². The standard InChI is InChI=1S/C18H12BrF2N3O/c19-10-1-6-16(21)14(7-10)13-8-17(25)23-18-15(13)9-22-24(18)12-4-2-11(20)3-5-12/h1-7,9,13H,8H2,(H,23,25)/t13-/m0/s1. The molecular weight excluding hydrogens is 392 g/mol. The summed E-state index contributed by atoms with van der Waals surface area (Å²) in [6.45, 7) is 0. The number of carbonyl (C=O) groups excluding carboxylic acids is 1. The number of rotatable bonds is 2. The number of nitrogens with one attached hydrogen (secondary N) is 1. The first-order valence-electron chi connectivity index (χ1n) is 7.61. The van der Waals surface area contributed by atoms with Crippen LogP contribution in [0.25, 0.3) is 5.69 Å². The van der Waals surface area contributed by atoms with Gasteiger partial charge < -0.3 is 5.32 Å². The van der Waals surface area contributed by atoms with Gasteiger partial charge in [0.15, 0.2) is 0 Å². The van der Waals surface area contributed by atoms with Crippen LogP contribution < -0.4 is 5.32 Å². The molecule has 0 unspecified atom stereocenters. The Kier molecular flexibility index (Phi) is 3.88. The van der Waals surface area contributed by atoms with Crippen LogP contribution in [-0.2, 0) is 4.79 Å². The molecule has 1 aliphatic rings. The highest BCUT2D eigenvalue weighted by molar-refractivity contribution is 9.10. The van der Waals surface area contributed by atoms with E-state index in [4.69, 9.17) is 0 Å². The molecule has 1 N–H and O–H groups in total. The zero-order valence-electron chi connectivity index (χ0n) is 12.8. The molecule has 0 aliphatic carbocycles. The summed E-state index contributed by atoms with van der Waals surface area (Å²) in [6, 6.07) is 10.4. The van der Waals surface area contributed by atoms with Gasteiger partial charge >= 0.3 is 0 Å². The van der Waals surface area contributed by atoms with Crippen molar-refractivity contribution in [1.82, 2.24) is 9.78 Å². The zero-order valence-corrected chi connectivity index (χ0v) is 14.4. The molecular formula is C18H12BrF2N3O. The Morgan fingerprint density at radius 3 is 2.64 bits per heavy atom. The van der Waals surface area contributed by atoms with Crippen molar-refractivity contribution in [2.45, 2.75) is 12.3 Å². The molecule has 0 fully saturated rings. The Labute approximate surface area is 150 Å². The number of anilines is 1. The third-order valence-corrected chi connectivity index (χ3v) is 4.72. The maximum Gasteiger partial charge on any atom is 0.226 e. The Balaban J connectivity index is 1.84. The summed E-state index contributed by atoms with van der Waals surface area (Å²) in [4.78, 5) is 12.2. The van der Waals surface area contributed by atoms with Gasteiger partial charge in [-0.15, -0.1) is 0 Å². The summed E-state index contributed by atoms with van der Waals surface area (Å²) < 4.78 is 29.7. The average Bonchev–Trinajstić information content (AvgIpc) is 3.01. The third-order valence-electron chi connectivity index (χ3n) is 4.22. The van der Waals surface area contributed by atoms with Crippen molar-refractivity contribution in [2.75, 3.05) is 5.32 Å². The van der Waals surface area contributed by atoms with Crippen LogP contribution in [-0.4, -0.2) is 15.7 Å². The number of benzene rings is 2. The monoisotopic (exact) mass is 403 g/mol. The van der Waals surface area contributed by atoms with Gasteiger partial charge in [0, 0.05) is 22.4 Å². The molecule has 1 amide bonds. The van der Waals surface area contributed by atoms with E-state index in [-0.39, 0.29) is 24.0 Å². The highest BCUT2D eigenvalue weighted by Crippen LogP contribution is 2.39. The Morgan fingerprint density at radius 2 is 1.88 bits per heavy atom. The van der Waals surface area contributed by atoms with Crippen LogP contribution in [0.2, 0.25) is 0 Å². The molecule has 0 radical (unpaired) electrons. The van der Waals surface area contributed by atoms with Crippen molar-refractivity contribution < 1.29 is 13.6 Å². The first kappa shape index (κ1) is 16.0. The van der Waals surface area contributed by atoms with E-state index in [2.05, 4.69) is 26.3 Å². The molecule has 126 valence electrons. The first-order valence-corrected chi connectivity index (χ1v) is 8.41. The number of carbonyl (C=O) groups is 1. The van der Waals surface area contributed by atoms with Gasteiger partial charge in [-0.2, -0.15) is 5.10 Å². The van der Waals surface area contributed by atoms with Crippen molar-refractivity contribution in [1.29, 1.82) is 0 Å². The molecule has 4 nitrogen and oxygen atoms in total. The molecule has 1 aromatic heterocycles. The Morgan fingerprint density at radius 1 is 1.12 bits per heavy atom. The van der Waals surface area contributed by atoms with Crippen LogP contribution in [0.3, 0.4) is 0 Å². The van der Waals surface area contributed by atoms with Crippen LogP contribution in [0.4, 0.5) is 14.6 Å². The number of hydrogen-bond acceptors (Lipinski definition) is 2. The van der Waals surface area contributed by atoms with Gasteiger partial charge in [-0.1, -0.05) is 15.9 Å². The van der Waals surface area contributed by atoms with E-state index in [9.17, 15) is 13.6 Å². The van der Waals surface area contributed by atoms with Crippen molar-refractivity contribution in [2.24, 2.45) is 0 Å². The molecule has 0 spiro atoms. The molecule has 0 saturated carbocycles. The Bertz CT molecular complexity index is 969. The second-order valence-electron chi connectivity index (χ2n) is 5.81. The number of hydrogen-bond donors (Lipinski definition) is 1. The molecule has 2 heterocycles. The average molecular weight is 404 g/mol. The number of amides is 1. The van der Waals surface area contributed by atoms with Crippen molar-refractivity contribution in [3.05, 3.63) is 75.9 Å². The lowest BCUT2D eigenvalue weighted by Crippen LogP contribution is -2.25. The fraction of sp³-hybridized carbons (Fsp3) is 0.111. The molecule has 2 aromatic carbocycles. The molecule has 4 rings (SSSR count). The molecule has 7 heteroatoms. The smallest absolute Gasteiger partial charge is 0.226 e. The molecule has 3 aromatic rings. The van der Waals surface area contributed by atoms with Gasteiger partial charge in [0.05, 0.1) is 11.9 Å². The quantitative estimate of drug-likeness (QED) is 0.689. The number of nitrogens with zero attached hydrogens (tertiary/aromatic N) is 2. The van der Waals surface area contributed by atoms with Crippen LogP contribution in [0.5, 0.6) is 0 Å². The fourth-order valence-electron chi connectivity index (χ4n) is 3.06. The molecule has 25 heavy (non-hydrogen) atoms. The summed E-state index contributed by atoms with van der Waals surface area (Å²) in [6.07, 6.45) is 1.75. The number of fused-ring (bicyclic) bond motifs is 1. The van der Waals surface area contributed by atoms with Gasteiger partial charge in [0.1, 0.15) is 17.5 Å². The van der Waals surface area contributed by atoms with Crippen LogP contribution >= 0.6 is 15.9 Å². The summed E-state index contributed by atoms with van der Waals surface area (Å²) >= 11 is 3.34. The molecule has 1 aliphatic heterocycles. The third kappa shape index (κ3) is 2.84. The van der Waals surface area contributed by atoms with Gasteiger partial charge in [-0.3, -0.25) is 4.79 Å². The zero-order chi connectivity index (χ0) is 17.6. The van der Waals surface area contributed by atoms with E-state index in [1.807, 2.05) is 0 Å². The van der Waals surface area contributed by atoms with E-state index < -0.39 is 5.92 Å². The van der Waals surface area contributed by atoms with Crippen molar-refractivity contribution in [3.8, 4) is 5.69 Å². The minimum atomic E-state index is -0.435. The lowest BCUT2D eigenvalue weighted by molar-refractivity contribution is -0.116. The lowest BCUT2D eigenvalue weighted by Gasteiger charge is -2.24. The predicted octanol–water partition coefficient (Wildman–Crippen LogP) is 4.39. The normalized spacial score (nSPS) is 16.4. The van der Waals surface area contributed by atoms with Crippen molar-refractivity contribution >= 4 is 27.7 Å². The number of halogens is 3. The topological polar surface area (TPSA) is 46.9 Å². The van der Waals surface area contributed by atoms with E-state index in [1.54, 1.807) is 30.5 Å². The van der Waals surface area contributed by atoms with Gasteiger partial charge in [-0.25, -0.2) is 13.5 Å². The largest absolute Gasteiger partial charge is 0.310 e. The minimum absolute atomic E-state index is 0.134. The van der Waals surface area contributed by atoms with E-state index in [1.165, 1.54) is 22.9 Å². The first-order chi connectivity index (χ1) is 12.0. The van der Waals surface area contributed by atoms with E-state index in [0.717, 1.165) is 10.0 Å². The van der Waals surface area contributed by atoms with E-state index >= 15 is 0 Å². The highest BCUT2D eigenvalue weighted by Gasteiger charge is 2.32. The summed E-state index contributed by atoms with van der Waals surface area (Å²) in [5.41, 5.74) is 1.77. The van der Waals surface area contributed by atoms with E-state index in [0.29, 0.717) is 17.1 Å². The molecule has 0 saturated heterocycles. The van der Waals surface area contributed by atoms with Gasteiger partial charge in [0.2, 0.25) is 5.91 Å². The van der Waals surface area contributed by atoms with Gasteiger partial charge in [0.25, 0.3) is 0 Å². The summed E-state index contributed by atoms with van der Waals surface area (Å²) in [5.74, 6) is -0.908. The fourth-order valence-corrected chi connectivity index (χ4v) is 3.44. The maximum atomic E-state index is 14.3. The summed E-state index contributed by atoms with van der Waals surface area (Å²) in [7, 11) is 0. The Hall–Kier alpha value is -2.54. The predicted molar refractivity (Wildman–Crippen MR) is 92.7 cm³/mol. The lowest BCUT2D eigenvalue weighted by atomic mass is 9.87. The SMILES string of the molecule is O=C1C[C@@H](c2cc(Br)ccc2F)c2cnn(-c3ccc(F)cc3)c2N1. The summed E-state index contributed by atoms with van der Waals surface area (Å²) in [5, 5.41) is 7.09. The van der Waals surface area contributed by atoms with Crippen molar-refractivity contribution in [3.63, 3.8) is 0 Å². The second kappa shape index (κ2) is 6.07. The highest BCUT2D eigenvalue weighted by atomic mass is 79.9. The number of aromatic nitrogens is 2. The maximum absolute atomic E-state index is 14.3.